The van der Waals surface area contributed by atoms with Gasteiger partial charge in [-0.1, -0.05) is 24.3 Å². The van der Waals surface area contributed by atoms with E-state index >= 15 is 0 Å². The van der Waals surface area contributed by atoms with Crippen LogP contribution in [0.1, 0.15) is 18.1 Å². The van der Waals surface area contributed by atoms with Crippen molar-refractivity contribution in [1.82, 2.24) is 5.32 Å². The third-order valence-corrected chi connectivity index (χ3v) is 2.94. The Morgan fingerprint density at radius 2 is 1.85 bits per heavy atom. The van der Waals surface area contributed by atoms with E-state index < -0.39 is 0 Å². The van der Waals surface area contributed by atoms with Crippen LogP contribution in [0.15, 0.2) is 42.5 Å². The average Bonchev–Trinajstić information content (AvgIpc) is 2.45. The maximum absolute atomic E-state index is 12.8. The molecule has 2 aromatic rings. The van der Waals surface area contributed by atoms with Gasteiger partial charge in [0, 0.05) is 18.7 Å². The maximum atomic E-state index is 12.8. The summed E-state index contributed by atoms with van der Waals surface area (Å²) in [5, 5.41) is 13.2. The molecule has 0 aromatic heterocycles. The number of halogens is 1. The van der Waals surface area contributed by atoms with E-state index in [0.717, 1.165) is 11.1 Å². The summed E-state index contributed by atoms with van der Waals surface area (Å²) in [6.07, 6.45) is 0. The number of phenolic OH excluding ortho intramolecular Hbond substituents is 1. The quantitative estimate of drug-likeness (QED) is 0.850. The number of rotatable bonds is 6. The summed E-state index contributed by atoms with van der Waals surface area (Å²) in [6.45, 7) is 3.52. The van der Waals surface area contributed by atoms with Crippen LogP contribution in [0.5, 0.6) is 11.5 Å². The zero-order chi connectivity index (χ0) is 14.4. The van der Waals surface area contributed by atoms with E-state index in [-0.39, 0.29) is 11.6 Å². The summed E-state index contributed by atoms with van der Waals surface area (Å²) in [5.41, 5.74) is 1.77. The number of benzene rings is 2. The zero-order valence-corrected chi connectivity index (χ0v) is 11.4. The third kappa shape index (κ3) is 3.71. The molecular weight excluding hydrogens is 257 g/mol. The number of aromatic hydroxyl groups is 1. The van der Waals surface area contributed by atoms with Gasteiger partial charge >= 0.3 is 0 Å². The number of nitrogens with one attached hydrogen (secondary N) is 1. The van der Waals surface area contributed by atoms with Crippen molar-refractivity contribution in [1.29, 1.82) is 0 Å². The average molecular weight is 275 g/mol. The Kier molecular flexibility index (Phi) is 4.96. The standard InChI is InChI=1S/C16H18FNO2/c1-2-20-15-5-3-4-13(16(15)19)11-18-10-12-6-8-14(17)9-7-12/h3-9,18-19H,2,10-11H2,1H3. The Bertz CT molecular complexity index is 555. The lowest BCUT2D eigenvalue weighted by atomic mass is 10.1. The topological polar surface area (TPSA) is 41.5 Å². The Morgan fingerprint density at radius 1 is 1.10 bits per heavy atom. The molecule has 2 rings (SSSR count). The van der Waals surface area contributed by atoms with E-state index in [1.54, 1.807) is 18.2 Å². The normalized spacial score (nSPS) is 10.5. The number of hydrogen-bond donors (Lipinski definition) is 2. The van der Waals surface area contributed by atoms with Gasteiger partial charge in [0.1, 0.15) is 5.82 Å². The van der Waals surface area contributed by atoms with Crippen molar-refractivity contribution in [2.75, 3.05) is 6.61 Å². The molecule has 2 N–H and O–H groups in total. The van der Waals surface area contributed by atoms with Crippen molar-refractivity contribution in [2.24, 2.45) is 0 Å². The summed E-state index contributed by atoms with van der Waals surface area (Å²) in [6, 6.07) is 11.8. The molecular formula is C16H18FNO2. The van der Waals surface area contributed by atoms with Gasteiger partial charge in [0.05, 0.1) is 6.61 Å². The highest BCUT2D eigenvalue weighted by molar-refractivity contribution is 5.45. The Balaban J connectivity index is 1.94. The summed E-state index contributed by atoms with van der Waals surface area (Å²) >= 11 is 0. The largest absolute Gasteiger partial charge is 0.504 e. The molecule has 20 heavy (non-hydrogen) atoms. The Labute approximate surface area is 118 Å². The SMILES string of the molecule is CCOc1cccc(CNCc2ccc(F)cc2)c1O. The zero-order valence-electron chi connectivity index (χ0n) is 11.4. The molecule has 4 heteroatoms. The molecule has 0 atom stereocenters. The fraction of sp³-hybridized carbons (Fsp3) is 0.250. The van der Waals surface area contributed by atoms with Crippen LogP contribution in [0.3, 0.4) is 0 Å². The highest BCUT2D eigenvalue weighted by atomic mass is 19.1. The van der Waals surface area contributed by atoms with Crippen LogP contribution in [0.2, 0.25) is 0 Å². The van der Waals surface area contributed by atoms with Crippen LogP contribution in [0.4, 0.5) is 4.39 Å². The van der Waals surface area contributed by atoms with Crippen LogP contribution in [-0.4, -0.2) is 11.7 Å². The molecule has 0 amide bonds. The first kappa shape index (κ1) is 14.3. The van der Waals surface area contributed by atoms with E-state index in [0.29, 0.717) is 25.4 Å². The van der Waals surface area contributed by atoms with Gasteiger partial charge < -0.3 is 15.2 Å². The lowest BCUT2D eigenvalue weighted by Gasteiger charge is -2.11. The van der Waals surface area contributed by atoms with Gasteiger partial charge in [0.2, 0.25) is 0 Å². The molecule has 106 valence electrons. The minimum atomic E-state index is -0.240. The third-order valence-electron chi connectivity index (χ3n) is 2.94. The van der Waals surface area contributed by atoms with Crippen LogP contribution < -0.4 is 10.1 Å². The maximum Gasteiger partial charge on any atom is 0.162 e. The number of hydrogen-bond acceptors (Lipinski definition) is 3. The molecule has 3 nitrogen and oxygen atoms in total. The summed E-state index contributed by atoms with van der Waals surface area (Å²) < 4.78 is 18.1. The monoisotopic (exact) mass is 275 g/mol. The summed E-state index contributed by atoms with van der Waals surface area (Å²) in [5.74, 6) is 0.422. The van der Waals surface area contributed by atoms with Crippen molar-refractivity contribution in [3.05, 3.63) is 59.4 Å². The van der Waals surface area contributed by atoms with Gasteiger partial charge in [-0.05, 0) is 30.7 Å². The van der Waals surface area contributed by atoms with Crippen LogP contribution in [0, 0.1) is 5.82 Å². The van der Waals surface area contributed by atoms with Crippen LogP contribution >= 0.6 is 0 Å². The molecule has 0 spiro atoms. The van der Waals surface area contributed by atoms with Gasteiger partial charge in [0.25, 0.3) is 0 Å². The fourth-order valence-electron chi connectivity index (χ4n) is 1.93. The second-order valence-electron chi connectivity index (χ2n) is 4.43. The van der Waals surface area contributed by atoms with Crippen LogP contribution in [-0.2, 0) is 13.1 Å². The summed E-state index contributed by atoms with van der Waals surface area (Å²) in [7, 11) is 0. The van der Waals surface area contributed by atoms with Crippen molar-refractivity contribution in [3.8, 4) is 11.5 Å². The minimum absolute atomic E-state index is 0.168. The molecule has 0 saturated heterocycles. The second kappa shape index (κ2) is 6.91. The first-order valence-electron chi connectivity index (χ1n) is 6.59. The highest BCUT2D eigenvalue weighted by Gasteiger charge is 2.07. The van der Waals surface area contributed by atoms with Gasteiger partial charge in [-0.15, -0.1) is 0 Å². The summed E-state index contributed by atoms with van der Waals surface area (Å²) in [4.78, 5) is 0. The lowest BCUT2D eigenvalue weighted by molar-refractivity contribution is 0.316. The van der Waals surface area contributed by atoms with Crippen molar-refractivity contribution in [3.63, 3.8) is 0 Å². The highest BCUT2D eigenvalue weighted by Crippen LogP contribution is 2.29. The Hall–Kier alpha value is -2.07. The van der Waals surface area contributed by atoms with Gasteiger partial charge in [-0.3, -0.25) is 0 Å². The smallest absolute Gasteiger partial charge is 0.162 e. The fourth-order valence-corrected chi connectivity index (χ4v) is 1.93. The number of ether oxygens (including phenoxy) is 1. The van der Waals surface area contributed by atoms with Gasteiger partial charge in [0.15, 0.2) is 11.5 Å². The van der Waals surface area contributed by atoms with Gasteiger partial charge in [-0.2, -0.15) is 0 Å². The molecule has 0 radical (unpaired) electrons. The predicted octanol–water partition coefficient (Wildman–Crippen LogP) is 3.22. The first-order valence-corrected chi connectivity index (χ1v) is 6.59. The van der Waals surface area contributed by atoms with E-state index in [9.17, 15) is 9.50 Å². The van der Waals surface area contributed by atoms with E-state index in [1.165, 1.54) is 12.1 Å². The van der Waals surface area contributed by atoms with Crippen molar-refractivity contribution in [2.45, 2.75) is 20.0 Å². The molecule has 0 bridgehead atoms. The molecule has 0 saturated carbocycles. The molecule has 0 unspecified atom stereocenters. The van der Waals surface area contributed by atoms with Gasteiger partial charge in [-0.25, -0.2) is 4.39 Å². The lowest BCUT2D eigenvalue weighted by Crippen LogP contribution is -2.13. The first-order chi connectivity index (χ1) is 9.70. The van der Waals surface area contributed by atoms with Crippen LogP contribution in [0.25, 0.3) is 0 Å². The van der Waals surface area contributed by atoms with E-state index in [2.05, 4.69) is 5.32 Å². The molecule has 0 fully saturated rings. The van der Waals surface area contributed by atoms with Crippen molar-refractivity contribution >= 4 is 0 Å². The minimum Gasteiger partial charge on any atom is -0.504 e. The number of phenols is 1. The van der Waals surface area contributed by atoms with E-state index in [1.807, 2.05) is 19.1 Å². The molecule has 0 aliphatic rings. The number of para-hydroxylation sites is 1. The Morgan fingerprint density at radius 3 is 2.55 bits per heavy atom. The molecule has 0 heterocycles. The molecule has 0 aliphatic heterocycles. The molecule has 2 aromatic carbocycles. The molecule has 0 aliphatic carbocycles. The van der Waals surface area contributed by atoms with Crippen molar-refractivity contribution < 1.29 is 14.2 Å². The predicted molar refractivity (Wildman–Crippen MR) is 76.2 cm³/mol. The van der Waals surface area contributed by atoms with E-state index in [4.69, 9.17) is 4.74 Å². The second-order valence-corrected chi connectivity index (χ2v) is 4.43.